The van der Waals surface area contributed by atoms with Gasteiger partial charge in [-0.05, 0) is 48.5 Å². The first-order chi connectivity index (χ1) is 14.3. The van der Waals surface area contributed by atoms with Crippen molar-refractivity contribution in [2.75, 3.05) is 19.1 Å². The Balaban J connectivity index is 2.11. The van der Waals surface area contributed by atoms with Gasteiger partial charge in [-0.1, -0.05) is 0 Å². The van der Waals surface area contributed by atoms with Crippen LogP contribution in [0.15, 0.2) is 54.6 Å². The average Bonchev–Trinajstić information content (AvgIpc) is 2.77. The Hall–Kier alpha value is -4.01. The number of carbonyl (C=O) groups is 2. The molecule has 0 aliphatic rings. The lowest BCUT2D eigenvalue weighted by Crippen LogP contribution is -2.38. The van der Waals surface area contributed by atoms with Crippen molar-refractivity contribution in [1.29, 1.82) is 0 Å². The third-order valence-corrected chi connectivity index (χ3v) is 4.18. The van der Waals surface area contributed by atoms with Crippen LogP contribution < -0.4 is 14.4 Å². The number of pyridine rings is 1. The number of ether oxygens (including phenoxy) is 2. The van der Waals surface area contributed by atoms with Gasteiger partial charge in [-0.25, -0.2) is 9.29 Å². The highest BCUT2D eigenvalue weighted by Gasteiger charge is 2.31. The number of rotatable bonds is 5. The van der Waals surface area contributed by atoms with Crippen LogP contribution in [0.5, 0.6) is 17.2 Å². The number of amides is 2. The Morgan fingerprint density at radius 1 is 0.867 bits per heavy atom. The van der Waals surface area contributed by atoms with Crippen LogP contribution in [0.4, 0.5) is 14.6 Å². The third-order valence-electron chi connectivity index (χ3n) is 4.18. The summed E-state index contributed by atoms with van der Waals surface area (Å²) in [4.78, 5) is 29.8. The average molecular weight is 414 g/mol. The number of methoxy groups -OCH3 is 2. The summed E-state index contributed by atoms with van der Waals surface area (Å²) in [7, 11) is 2.88. The normalized spacial score (nSPS) is 10.4. The van der Waals surface area contributed by atoms with Gasteiger partial charge in [0, 0.05) is 17.2 Å². The minimum atomic E-state index is -1.43. The van der Waals surface area contributed by atoms with Gasteiger partial charge in [0.25, 0.3) is 17.8 Å². The zero-order valence-electron chi connectivity index (χ0n) is 15.9. The van der Waals surface area contributed by atoms with Gasteiger partial charge in [-0.2, -0.15) is 9.37 Å². The van der Waals surface area contributed by atoms with E-state index in [1.54, 1.807) is 0 Å². The van der Waals surface area contributed by atoms with E-state index in [2.05, 4.69) is 4.98 Å². The molecule has 9 heteroatoms. The second kappa shape index (κ2) is 8.56. The molecular weight excluding hydrogens is 398 g/mol. The highest BCUT2D eigenvalue weighted by atomic mass is 19.1. The molecule has 1 heterocycles. The van der Waals surface area contributed by atoms with Crippen molar-refractivity contribution in [3.63, 3.8) is 0 Å². The van der Waals surface area contributed by atoms with Crippen molar-refractivity contribution in [1.82, 2.24) is 4.98 Å². The minimum absolute atomic E-state index is 0.00680. The lowest BCUT2D eigenvalue weighted by molar-refractivity contribution is 0.0894. The second-order valence-corrected chi connectivity index (χ2v) is 6.01. The molecule has 3 rings (SSSR count). The number of imide groups is 1. The van der Waals surface area contributed by atoms with Crippen LogP contribution in [0.2, 0.25) is 0 Å². The molecular formula is C21H16F2N2O5. The lowest BCUT2D eigenvalue weighted by Gasteiger charge is -2.21. The molecule has 0 aliphatic heterocycles. The van der Waals surface area contributed by atoms with E-state index in [0.29, 0.717) is 22.5 Å². The first-order valence-electron chi connectivity index (χ1n) is 8.57. The molecule has 30 heavy (non-hydrogen) atoms. The van der Waals surface area contributed by atoms with Gasteiger partial charge in [0.05, 0.1) is 14.2 Å². The molecule has 0 saturated heterocycles. The summed E-state index contributed by atoms with van der Waals surface area (Å²) in [6.07, 6.45) is 0. The van der Waals surface area contributed by atoms with E-state index < -0.39 is 35.1 Å². The van der Waals surface area contributed by atoms with Crippen molar-refractivity contribution in [3.05, 3.63) is 77.5 Å². The third kappa shape index (κ3) is 4.04. The largest absolute Gasteiger partial charge is 0.504 e. The zero-order chi connectivity index (χ0) is 21.8. The smallest absolute Gasteiger partial charge is 0.266 e. The topological polar surface area (TPSA) is 89.0 Å². The summed E-state index contributed by atoms with van der Waals surface area (Å²) < 4.78 is 38.4. The number of anilines is 1. The maximum atomic E-state index is 14.5. The molecule has 3 aromatic rings. The van der Waals surface area contributed by atoms with Crippen LogP contribution in [0.1, 0.15) is 20.7 Å². The predicted molar refractivity (Wildman–Crippen MR) is 103 cm³/mol. The quantitative estimate of drug-likeness (QED) is 0.507. The number of hydrogen-bond donors (Lipinski definition) is 1. The van der Waals surface area contributed by atoms with E-state index in [-0.39, 0.29) is 11.1 Å². The van der Waals surface area contributed by atoms with E-state index in [1.165, 1.54) is 62.8 Å². The Labute approximate surface area is 170 Å². The van der Waals surface area contributed by atoms with E-state index in [1.807, 2.05) is 0 Å². The fourth-order valence-corrected chi connectivity index (χ4v) is 2.61. The number of carbonyl (C=O) groups excluding carboxylic acids is 2. The maximum absolute atomic E-state index is 14.5. The van der Waals surface area contributed by atoms with Gasteiger partial charge in [0.15, 0.2) is 17.4 Å². The number of halogens is 2. The molecule has 0 aliphatic carbocycles. The summed E-state index contributed by atoms with van der Waals surface area (Å²) in [5.74, 6) is -5.60. The van der Waals surface area contributed by atoms with Crippen molar-refractivity contribution in [3.8, 4) is 17.2 Å². The molecule has 1 N–H and O–H groups in total. The van der Waals surface area contributed by atoms with Crippen LogP contribution >= 0.6 is 0 Å². The zero-order valence-corrected chi connectivity index (χ0v) is 15.9. The van der Waals surface area contributed by atoms with Crippen molar-refractivity contribution in [2.45, 2.75) is 0 Å². The first-order valence-corrected chi connectivity index (χ1v) is 8.57. The fraction of sp³-hybridized carbons (Fsp3) is 0.0952. The Morgan fingerprint density at radius 3 is 1.70 bits per heavy atom. The Morgan fingerprint density at radius 2 is 1.30 bits per heavy atom. The first kappa shape index (κ1) is 20.7. The number of aromatic nitrogens is 1. The van der Waals surface area contributed by atoms with Gasteiger partial charge in [-0.3, -0.25) is 9.59 Å². The van der Waals surface area contributed by atoms with Gasteiger partial charge >= 0.3 is 0 Å². The van der Waals surface area contributed by atoms with Crippen LogP contribution in [0.3, 0.4) is 0 Å². The minimum Gasteiger partial charge on any atom is -0.504 e. The molecule has 2 amide bonds. The van der Waals surface area contributed by atoms with Crippen molar-refractivity contribution < 1.29 is 33.0 Å². The predicted octanol–water partition coefficient (Wildman–Crippen LogP) is 3.57. The number of benzene rings is 2. The lowest BCUT2D eigenvalue weighted by atomic mass is 10.1. The van der Waals surface area contributed by atoms with Crippen LogP contribution in [0, 0.1) is 11.8 Å². The number of nitrogens with zero attached hydrogens (tertiary/aromatic N) is 2. The summed E-state index contributed by atoms with van der Waals surface area (Å²) in [5, 5.41) is 9.34. The molecule has 0 saturated carbocycles. The summed E-state index contributed by atoms with van der Waals surface area (Å²) in [6.45, 7) is 0. The maximum Gasteiger partial charge on any atom is 0.266 e. The monoisotopic (exact) mass is 414 g/mol. The fourth-order valence-electron chi connectivity index (χ4n) is 2.61. The summed E-state index contributed by atoms with van der Waals surface area (Å²) in [6, 6.07) is 11.8. The molecule has 1 aromatic heterocycles. The highest BCUT2D eigenvalue weighted by Crippen LogP contribution is 2.27. The van der Waals surface area contributed by atoms with Crippen molar-refractivity contribution >= 4 is 17.6 Å². The van der Waals surface area contributed by atoms with E-state index >= 15 is 0 Å². The molecule has 2 aromatic carbocycles. The van der Waals surface area contributed by atoms with Crippen LogP contribution in [-0.4, -0.2) is 36.1 Å². The van der Waals surface area contributed by atoms with Gasteiger partial charge in [0.2, 0.25) is 0 Å². The van der Waals surface area contributed by atoms with Gasteiger partial charge in [-0.15, -0.1) is 0 Å². The van der Waals surface area contributed by atoms with Gasteiger partial charge in [0.1, 0.15) is 11.5 Å². The van der Waals surface area contributed by atoms with E-state index in [0.717, 1.165) is 0 Å². The van der Waals surface area contributed by atoms with Crippen molar-refractivity contribution in [2.24, 2.45) is 0 Å². The molecule has 154 valence electrons. The summed E-state index contributed by atoms with van der Waals surface area (Å²) >= 11 is 0. The highest BCUT2D eigenvalue weighted by molar-refractivity contribution is 6.25. The van der Waals surface area contributed by atoms with Gasteiger partial charge < -0.3 is 14.6 Å². The Bertz CT molecular complexity index is 1030. The second-order valence-electron chi connectivity index (χ2n) is 6.01. The SMILES string of the molecule is COc1ccc(C(=O)N(C(=O)c2ccc(OC)cc2)c2nc(F)c(O)cc2F)cc1. The molecule has 0 bridgehead atoms. The number of hydrogen-bond acceptors (Lipinski definition) is 6. The van der Waals surface area contributed by atoms with Crippen LogP contribution in [-0.2, 0) is 0 Å². The summed E-state index contributed by atoms with van der Waals surface area (Å²) in [5.41, 5.74) is 0.0136. The van der Waals surface area contributed by atoms with Crippen LogP contribution in [0.25, 0.3) is 0 Å². The standard InChI is InChI=1S/C21H16F2N2O5/c1-29-14-7-3-12(4-8-14)20(27)25(19-16(22)11-17(26)18(23)24-19)21(28)13-5-9-15(30-2)10-6-13/h3-11,26H,1-2H3. The molecule has 7 nitrogen and oxygen atoms in total. The molecule has 0 radical (unpaired) electrons. The molecule has 0 atom stereocenters. The van der Waals surface area contributed by atoms with E-state index in [4.69, 9.17) is 9.47 Å². The Kier molecular flexibility index (Phi) is 5.91. The molecule has 0 fully saturated rings. The number of aromatic hydroxyl groups is 1. The molecule has 0 unspecified atom stereocenters. The molecule has 0 spiro atoms. The van der Waals surface area contributed by atoms with E-state index in [9.17, 15) is 23.5 Å².